The zero-order chi connectivity index (χ0) is 13.0. The van der Waals surface area contributed by atoms with Gasteiger partial charge in [-0.05, 0) is 24.6 Å². The van der Waals surface area contributed by atoms with E-state index in [1.165, 1.54) is 0 Å². The number of phenols is 1. The first-order chi connectivity index (χ1) is 8.67. The number of ether oxygens (including phenoxy) is 2. The summed E-state index contributed by atoms with van der Waals surface area (Å²) in [6.07, 6.45) is 0. The first kappa shape index (κ1) is 12.4. The van der Waals surface area contributed by atoms with Gasteiger partial charge < -0.3 is 19.1 Å². The molecule has 0 radical (unpaired) electrons. The van der Waals surface area contributed by atoms with E-state index in [0.29, 0.717) is 23.8 Å². The molecule has 0 unspecified atom stereocenters. The number of nitrogens with zero attached hydrogens (tertiary/aromatic N) is 1. The molecule has 2 rings (SSSR count). The second-order valence-electron chi connectivity index (χ2n) is 4.01. The summed E-state index contributed by atoms with van der Waals surface area (Å²) in [7, 11) is 1.59. The average Bonchev–Trinajstić information content (AvgIpc) is 2.74. The summed E-state index contributed by atoms with van der Waals surface area (Å²) >= 11 is 0. The van der Waals surface area contributed by atoms with E-state index < -0.39 is 0 Å². The maximum Gasteiger partial charge on any atom is 0.162 e. The summed E-state index contributed by atoms with van der Waals surface area (Å²) in [6.45, 7) is 2.56. The van der Waals surface area contributed by atoms with Crippen LogP contribution in [-0.2, 0) is 18.0 Å². The van der Waals surface area contributed by atoms with Gasteiger partial charge in [-0.2, -0.15) is 0 Å². The monoisotopic (exact) mass is 249 g/mol. The Labute approximate surface area is 105 Å². The van der Waals surface area contributed by atoms with Crippen molar-refractivity contribution in [3.8, 4) is 11.5 Å². The van der Waals surface area contributed by atoms with Crippen molar-refractivity contribution in [3.63, 3.8) is 0 Å². The Bertz CT molecular complexity index is 501. The number of aromatic hydroxyl groups is 1. The number of benzene rings is 1. The standard InChI is InChI=1S/C13H15NO4/c1-9-3-11(15)6-12(4-9)17-7-10-5-13(8-16-2)18-14-10/h3-6,15H,7-8H2,1-2H3. The third-order valence-corrected chi connectivity index (χ3v) is 2.32. The fourth-order valence-corrected chi connectivity index (χ4v) is 1.60. The third-order valence-electron chi connectivity index (χ3n) is 2.32. The highest BCUT2D eigenvalue weighted by atomic mass is 16.5. The van der Waals surface area contributed by atoms with Crippen molar-refractivity contribution in [1.82, 2.24) is 5.16 Å². The minimum atomic E-state index is 0.185. The first-order valence-corrected chi connectivity index (χ1v) is 5.54. The maximum absolute atomic E-state index is 9.43. The van der Waals surface area contributed by atoms with E-state index in [2.05, 4.69) is 5.16 Å². The second-order valence-corrected chi connectivity index (χ2v) is 4.01. The van der Waals surface area contributed by atoms with Gasteiger partial charge >= 0.3 is 0 Å². The lowest BCUT2D eigenvalue weighted by Gasteiger charge is -2.05. The zero-order valence-corrected chi connectivity index (χ0v) is 10.3. The van der Waals surface area contributed by atoms with Crippen LogP contribution in [0, 0.1) is 6.92 Å². The van der Waals surface area contributed by atoms with Crippen molar-refractivity contribution in [2.24, 2.45) is 0 Å². The summed E-state index contributed by atoms with van der Waals surface area (Å²) in [5, 5.41) is 13.3. The molecule has 18 heavy (non-hydrogen) atoms. The fourth-order valence-electron chi connectivity index (χ4n) is 1.60. The molecule has 0 aliphatic carbocycles. The van der Waals surface area contributed by atoms with E-state index in [0.717, 1.165) is 5.56 Å². The van der Waals surface area contributed by atoms with E-state index in [1.807, 2.05) is 13.0 Å². The highest BCUT2D eigenvalue weighted by Gasteiger charge is 2.05. The quantitative estimate of drug-likeness (QED) is 0.881. The highest BCUT2D eigenvalue weighted by molar-refractivity contribution is 5.36. The van der Waals surface area contributed by atoms with Gasteiger partial charge in [-0.1, -0.05) is 5.16 Å². The van der Waals surface area contributed by atoms with Gasteiger partial charge in [-0.15, -0.1) is 0 Å². The number of hydrogen-bond donors (Lipinski definition) is 1. The third kappa shape index (κ3) is 3.24. The van der Waals surface area contributed by atoms with Crippen molar-refractivity contribution in [1.29, 1.82) is 0 Å². The van der Waals surface area contributed by atoms with Gasteiger partial charge in [0.2, 0.25) is 0 Å². The lowest BCUT2D eigenvalue weighted by molar-refractivity contribution is 0.155. The van der Waals surface area contributed by atoms with Gasteiger partial charge in [0, 0.05) is 19.2 Å². The molecule has 2 aromatic rings. The first-order valence-electron chi connectivity index (χ1n) is 5.54. The van der Waals surface area contributed by atoms with Crippen LogP contribution in [-0.4, -0.2) is 17.4 Å². The van der Waals surface area contributed by atoms with Gasteiger partial charge in [-0.3, -0.25) is 0 Å². The molecular weight excluding hydrogens is 234 g/mol. The molecule has 1 aromatic carbocycles. The van der Waals surface area contributed by atoms with E-state index >= 15 is 0 Å². The minimum absolute atomic E-state index is 0.185. The molecule has 0 amide bonds. The SMILES string of the molecule is COCc1cc(COc2cc(C)cc(O)c2)no1. The number of rotatable bonds is 5. The Balaban J connectivity index is 1.97. The minimum Gasteiger partial charge on any atom is -0.508 e. The van der Waals surface area contributed by atoms with Crippen molar-refractivity contribution >= 4 is 0 Å². The second kappa shape index (κ2) is 5.55. The van der Waals surface area contributed by atoms with Crippen LogP contribution < -0.4 is 4.74 Å². The van der Waals surface area contributed by atoms with Crippen LogP contribution >= 0.6 is 0 Å². The molecule has 0 spiro atoms. The number of aromatic nitrogens is 1. The van der Waals surface area contributed by atoms with Gasteiger partial charge in [-0.25, -0.2) is 0 Å². The molecule has 0 saturated carbocycles. The Hall–Kier alpha value is -2.01. The Morgan fingerprint density at radius 3 is 2.78 bits per heavy atom. The van der Waals surface area contributed by atoms with Crippen LogP contribution in [0.2, 0.25) is 0 Å². The van der Waals surface area contributed by atoms with Crippen molar-refractivity contribution < 1.29 is 19.1 Å². The van der Waals surface area contributed by atoms with Crippen molar-refractivity contribution in [2.75, 3.05) is 7.11 Å². The van der Waals surface area contributed by atoms with Crippen LogP contribution in [0.1, 0.15) is 17.0 Å². The van der Waals surface area contributed by atoms with E-state index in [1.54, 1.807) is 25.3 Å². The molecule has 5 nitrogen and oxygen atoms in total. The molecule has 0 atom stereocenters. The predicted octanol–water partition coefficient (Wildman–Crippen LogP) is 2.41. The zero-order valence-electron chi connectivity index (χ0n) is 10.3. The van der Waals surface area contributed by atoms with Crippen LogP contribution in [0.5, 0.6) is 11.5 Å². The highest BCUT2D eigenvalue weighted by Crippen LogP contribution is 2.22. The Morgan fingerprint density at radius 2 is 2.06 bits per heavy atom. The van der Waals surface area contributed by atoms with E-state index in [9.17, 15) is 5.11 Å². The number of hydrogen-bond acceptors (Lipinski definition) is 5. The van der Waals surface area contributed by atoms with Gasteiger partial charge in [0.15, 0.2) is 5.76 Å². The molecule has 5 heteroatoms. The lowest BCUT2D eigenvalue weighted by atomic mass is 10.2. The molecule has 0 fully saturated rings. The maximum atomic E-state index is 9.43. The summed E-state index contributed by atoms with van der Waals surface area (Å²) < 4.78 is 15.5. The van der Waals surface area contributed by atoms with E-state index in [-0.39, 0.29) is 12.4 Å². The molecule has 0 aliphatic rings. The Kier molecular flexibility index (Phi) is 3.84. The topological polar surface area (TPSA) is 64.7 Å². The van der Waals surface area contributed by atoms with Crippen LogP contribution in [0.3, 0.4) is 0 Å². The van der Waals surface area contributed by atoms with Crippen LogP contribution in [0.15, 0.2) is 28.8 Å². The molecule has 0 aliphatic heterocycles. The van der Waals surface area contributed by atoms with Gasteiger partial charge in [0.25, 0.3) is 0 Å². The van der Waals surface area contributed by atoms with Crippen LogP contribution in [0.25, 0.3) is 0 Å². The molecule has 1 N–H and O–H groups in total. The summed E-state index contributed by atoms with van der Waals surface area (Å²) in [5.74, 6) is 1.44. The summed E-state index contributed by atoms with van der Waals surface area (Å²) in [5.41, 5.74) is 1.62. The number of phenolic OH excluding ortho intramolecular Hbond substituents is 1. The molecule has 96 valence electrons. The van der Waals surface area contributed by atoms with Gasteiger partial charge in [0.1, 0.15) is 30.4 Å². The van der Waals surface area contributed by atoms with Crippen molar-refractivity contribution in [2.45, 2.75) is 20.1 Å². The number of aryl methyl sites for hydroxylation is 1. The van der Waals surface area contributed by atoms with Crippen molar-refractivity contribution in [3.05, 3.63) is 41.3 Å². The lowest BCUT2D eigenvalue weighted by Crippen LogP contribution is -1.95. The molecule has 1 heterocycles. The largest absolute Gasteiger partial charge is 0.508 e. The predicted molar refractivity (Wildman–Crippen MR) is 64.4 cm³/mol. The average molecular weight is 249 g/mol. The Morgan fingerprint density at radius 1 is 1.22 bits per heavy atom. The molecule has 0 saturated heterocycles. The summed E-state index contributed by atoms with van der Waals surface area (Å²) in [4.78, 5) is 0. The molecule has 0 bridgehead atoms. The van der Waals surface area contributed by atoms with Crippen LogP contribution in [0.4, 0.5) is 0 Å². The normalized spacial score (nSPS) is 10.6. The van der Waals surface area contributed by atoms with Gasteiger partial charge in [0.05, 0.1) is 0 Å². The van der Waals surface area contributed by atoms with E-state index in [4.69, 9.17) is 14.0 Å². The molecule has 1 aromatic heterocycles. The molecular formula is C13H15NO4. The smallest absolute Gasteiger partial charge is 0.162 e. The number of methoxy groups -OCH3 is 1. The fraction of sp³-hybridized carbons (Fsp3) is 0.308. The summed E-state index contributed by atoms with van der Waals surface area (Å²) in [6, 6.07) is 6.85.